The first-order valence-corrected chi connectivity index (χ1v) is 9.27. The van der Waals surface area contributed by atoms with Crippen molar-refractivity contribution in [3.63, 3.8) is 0 Å². The second-order valence-corrected chi connectivity index (χ2v) is 7.35. The van der Waals surface area contributed by atoms with Gasteiger partial charge in [0.2, 0.25) is 0 Å². The molecule has 2 aromatic rings. The molecule has 0 saturated carbocycles. The lowest BCUT2D eigenvalue weighted by atomic mass is 10.1. The molecule has 0 atom stereocenters. The summed E-state index contributed by atoms with van der Waals surface area (Å²) in [7, 11) is -3.98. The van der Waals surface area contributed by atoms with Crippen LogP contribution >= 0.6 is 0 Å². The molecule has 9 heteroatoms. The summed E-state index contributed by atoms with van der Waals surface area (Å²) >= 11 is 0. The van der Waals surface area contributed by atoms with Crippen molar-refractivity contribution < 1.29 is 22.0 Å². The second kappa shape index (κ2) is 7.28. The molecule has 0 unspecified atom stereocenters. The van der Waals surface area contributed by atoms with Gasteiger partial charge in [-0.15, -0.1) is 4.40 Å². The Hall–Kier alpha value is -3.07. The molecule has 0 fully saturated rings. The van der Waals surface area contributed by atoms with Gasteiger partial charge in [-0.05, 0) is 24.6 Å². The van der Waals surface area contributed by atoms with E-state index in [1.54, 1.807) is 30.3 Å². The van der Waals surface area contributed by atoms with Crippen molar-refractivity contribution in [3.05, 3.63) is 77.5 Å². The van der Waals surface area contributed by atoms with Crippen molar-refractivity contribution >= 4 is 27.5 Å². The number of nitrogens with zero attached hydrogens (tertiary/aromatic N) is 2. The summed E-state index contributed by atoms with van der Waals surface area (Å²) in [5.74, 6) is -2.47. The Morgan fingerprint density at radius 1 is 1.15 bits per heavy atom. The Balaban J connectivity index is 1.88. The largest absolute Gasteiger partial charge is 0.344 e. The molecule has 140 valence electrons. The molecular weight excluding hydrogens is 376 g/mol. The Morgan fingerprint density at radius 2 is 1.85 bits per heavy atom. The smallest absolute Gasteiger partial charge is 0.319 e. The van der Waals surface area contributed by atoms with E-state index in [-0.39, 0.29) is 23.5 Å². The number of amides is 1. The minimum atomic E-state index is -3.98. The van der Waals surface area contributed by atoms with Crippen LogP contribution in [-0.2, 0) is 21.5 Å². The standard InChI is InChI=1S/C18H15F2N3O3S/c1-12-15(18(24)21-17-8-7-14(19)9-16(17)20)11-23(27(25,26)22-12)10-13-5-3-2-4-6-13/h2-9,11H,10H2,1H3,(H,21,24). The van der Waals surface area contributed by atoms with Gasteiger partial charge in [-0.25, -0.2) is 8.78 Å². The molecule has 3 rings (SSSR count). The van der Waals surface area contributed by atoms with Gasteiger partial charge in [0.1, 0.15) is 11.6 Å². The van der Waals surface area contributed by atoms with E-state index in [1.165, 1.54) is 6.92 Å². The highest BCUT2D eigenvalue weighted by atomic mass is 32.2. The maximum atomic E-state index is 13.8. The molecule has 1 N–H and O–H groups in total. The van der Waals surface area contributed by atoms with Gasteiger partial charge in [-0.2, -0.15) is 8.42 Å². The molecule has 0 bridgehead atoms. The van der Waals surface area contributed by atoms with Gasteiger partial charge >= 0.3 is 10.2 Å². The lowest BCUT2D eigenvalue weighted by molar-refractivity contribution is -0.112. The zero-order chi connectivity index (χ0) is 19.6. The van der Waals surface area contributed by atoms with Crippen LogP contribution in [0.3, 0.4) is 0 Å². The fourth-order valence-corrected chi connectivity index (χ4v) is 3.57. The van der Waals surface area contributed by atoms with Crippen molar-refractivity contribution in [2.75, 3.05) is 5.32 Å². The van der Waals surface area contributed by atoms with E-state index in [1.807, 2.05) is 0 Å². The van der Waals surface area contributed by atoms with Crippen LogP contribution in [0.15, 0.2) is 64.7 Å². The number of carbonyl (C=O) groups is 1. The molecule has 1 aliphatic rings. The van der Waals surface area contributed by atoms with Crippen LogP contribution in [0, 0.1) is 11.6 Å². The van der Waals surface area contributed by atoms with Crippen LogP contribution in [-0.4, -0.2) is 24.3 Å². The van der Waals surface area contributed by atoms with Crippen molar-refractivity contribution in [3.8, 4) is 0 Å². The minimum absolute atomic E-state index is 0.0123. The van der Waals surface area contributed by atoms with Gasteiger partial charge in [0.05, 0.1) is 23.5 Å². The molecule has 27 heavy (non-hydrogen) atoms. The molecule has 2 aromatic carbocycles. The molecular formula is C18H15F2N3O3S. The number of carbonyl (C=O) groups excluding carboxylic acids is 1. The number of benzene rings is 2. The monoisotopic (exact) mass is 391 g/mol. The molecule has 1 heterocycles. The van der Waals surface area contributed by atoms with Gasteiger partial charge < -0.3 is 5.32 Å². The van der Waals surface area contributed by atoms with E-state index < -0.39 is 27.8 Å². The van der Waals surface area contributed by atoms with Gasteiger partial charge in [-0.3, -0.25) is 9.10 Å². The van der Waals surface area contributed by atoms with Crippen molar-refractivity contribution in [2.24, 2.45) is 4.40 Å². The number of hydrogen-bond acceptors (Lipinski definition) is 3. The average molecular weight is 391 g/mol. The first-order chi connectivity index (χ1) is 12.8. The van der Waals surface area contributed by atoms with Gasteiger partial charge in [0.25, 0.3) is 5.91 Å². The Bertz CT molecular complexity index is 1050. The number of anilines is 1. The highest BCUT2D eigenvalue weighted by molar-refractivity contribution is 7.88. The van der Waals surface area contributed by atoms with Gasteiger partial charge in [0.15, 0.2) is 0 Å². The lowest BCUT2D eigenvalue weighted by Gasteiger charge is -2.23. The van der Waals surface area contributed by atoms with E-state index in [0.29, 0.717) is 11.6 Å². The fourth-order valence-electron chi connectivity index (χ4n) is 2.47. The Labute approximate surface area is 155 Å². The van der Waals surface area contributed by atoms with Gasteiger partial charge in [0, 0.05) is 12.3 Å². The van der Waals surface area contributed by atoms with Crippen LogP contribution in [0.25, 0.3) is 0 Å². The molecule has 0 aromatic heterocycles. The summed E-state index contributed by atoms with van der Waals surface area (Å²) < 4.78 is 55.8. The summed E-state index contributed by atoms with van der Waals surface area (Å²) in [6.45, 7) is 1.35. The Kier molecular flexibility index (Phi) is 5.04. The lowest BCUT2D eigenvalue weighted by Crippen LogP contribution is -2.32. The Morgan fingerprint density at radius 3 is 2.52 bits per heavy atom. The third kappa shape index (κ3) is 4.20. The fraction of sp³-hybridized carbons (Fsp3) is 0.111. The minimum Gasteiger partial charge on any atom is -0.319 e. The average Bonchev–Trinajstić information content (AvgIpc) is 2.60. The molecule has 0 spiro atoms. The number of nitrogens with one attached hydrogen (secondary N) is 1. The molecule has 6 nitrogen and oxygen atoms in total. The number of hydrogen-bond donors (Lipinski definition) is 1. The number of halogens is 2. The predicted octanol–water partition coefficient (Wildman–Crippen LogP) is 3.01. The maximum absolute atomic E-state index is 13.8. The summed E-state index contributed by atoms with van der Waals surface area (Å²) in [4.78, 5) is 12.5. The summed E-state index contributed by atoms with van der Waals surface area (Å²) in [6.07, 6.45) is 1.15. The van der Waals surface area contributed by atoms with E-state index >= 15 is 0 Å². The highest BCUT2D eigenvalue weighted by Gasteiger charge is 2.28. The maximum Gasteiger partial charge on any atom is 0.344 e. The van der Waals surface area contributed by atoms with Crippen LogP contribution < -0.4 is 5.32 Å². The summed E-state index contributed by atoms with van der Waals surface area (Å²) in [5.41, 5.74) is 0.415. The topological polar surface area (TPSA) is 78.8 Å². The zero-order valence-electron chi connectivity index (χ0n) is 14.2. The van der Waals surface area contributed by atoms with E-state index in [4.69, 9.17) is 0 Å². The molecule has 0 saturated heterocycles. The van der Waals surface area contributed by atoms with Crippen LogP contribution in [0.5, 0.6) is 0 Å². The van der Waals surface area contributed by atoms with Crippen LogP contribution in [0.4, 0.5) is 14.5 Å². The van der Waals surface area contributed by atoms with E-state index in [2.05, 4.69) is 9.71 Å². The predicted molar refractivity (Wildman–Crippen MR) is 97.1 cm³/mol. The van der Waals surface area contributed by atoms with Crippen molar-refractivity contribution in [2.45, 2.75) is 13.5 Å². The molecule has 0 radical (unpaired) electrons. The van der Waals surface area contributed by atoms with E-state index in [9.17, 15) is 22.0 Å². The van der Waals surface area contributed by atoms with Gasteiger partial charge in [-0.1, -0.05) is 30.3 Å². The van der Waals surface area contributed by atoms with Crippen LogP contribution in [0.2, 0.25) is 0 Å². The molecule has 0 aliphatic carbocycles. The first kappa shape index (κ1) is 18.7. The quantitative estimate of drug-likeness (QED) is 0.870. The third-order valence-corrected chi connectivity index (χ3v) is 5.15. The third-order valence-electron chi connectivity index (χ3n) is 3.82. The second-order valence-electron chi connectivity index (χ2n) is 5.81. The van der Waals surface area contributed by atoms with Crippen molar-refractivity contribution in [1.29, 1.82) is 0 Å². The molecule has 1 aliphatic heterocycles. The number of rotatable bonds is 4. The normalized spacial score (nSPS) is 15.7. The zero-order valence-corrected chi connectivity index (χ0v) is 15.0. The highest BCUT2D eigenvalue weighted by Crippen LogP contribution is 2.22. The summed E-state index contributed by atoms with van der Waals surface area (Å²) in [5, 5.41) is 2.30. The first-order valence-electron chi connectivity index (χ1n) is 7.87. The summed E-state index contributed by atoms with van der Waals surface area (Å²) in [6, 6.07) is 11.5. The van der Waals surface area contributed by atoms with E-state index in [0.717, 1.165) is 22.6 Å². The van der Waals surface area contributed by atoms with Crippen molar-refractivity contribution in [1.82, 2.24) is 4.31 Å². The van der Waals surface area contributed by atoms with Crippen LogP contribution in [0.1, 0.15) is 12.5 Å². The molecule has 1 amide bonds. The SMILES string of the molecule is CC1=NS(=O)(=O)N(Cc2ccccc2)C=C1C(=O)Nc1ccc(F)cc1F.